The van der Waals surface area contributed by atoms with Gasteiger partial charge in [0.25, 0.3) is 5.56 Å². The highest BCUT2D eigenvalue weighted by molar-refractivity contribution is 9.10. The van der Waals surface area contributed by atoms with Gasteiger partial charge in [0, 0.05) is 43.0 Å². The number of ether oxygens (including phenoxy) is 1. The Labute approximate surface area is 190 Å². The van der Waals surface area contributed by atoms with Crippen LogP contribution in [0.25, 0.3) is 22.2 Å². The highest BCUT2D eigenvalue weighted by atomic mass is 79.9. The van der Waals surface area contributed by atoms with Gasteiger partial charge >= 0.3 is 0 Å². The fourth-order valence-corrected chi connectivity index (χ4v) is 3.45. The van der Waals surface area contributed by atoms with Crippen molar-refractivity contribution in [1.29, 1.82) is 0 Å². The first-order valence-electron chi connectivity index (χ1n) is 9.65. The molecule has 0 unspecified atom stereocenters. The molecule has 0 bridgehead atoms. The highest BCUT2D eigenvalue weighted by Gasteiger charge is 2.19. The molecule has 7 nitrogen and oxygen atoms in total. The predicted molar refractivity (Wildman–Crippen MR) is 121 cm³/mol. The van der Waals surface area contributed by atoms with E-state index in [2.05, 4.69) is 36.2 Å². The van der Waals surface area contributed by atoms with Gasteiger partial charge in [0.1, 0.15) is 10.4 Å². The zero-order chi connectivity index (χ0) is 23.0. The average molecular weight is 502 g/mol. The zero-order valence-electron chi connectivity index (χ0n) is 17.4. The maximum absolute atomic E-state index is 15.0. The van der Waals surface area contributed by atoms with E-state index in [4.69, 9.17) is 4.74 Å². The van der Waals surface area contributed by atoms with E-state index in [-0.39, 0.29) is 39.5 Å². The molecule has 4 aromatic rings. The van der Waals surface area contributed by atoms with Gasteiger partial charge < -0.3 is 10.1 Å². The average Bonchev–Trinajstić information content (AvgIpc) is 2.74. The Kier molecular flexibility index (Phi) is 5.88. The van der Waals surface area contributed by atoms with E-state index in [1.54, 1.807) is 7.05 Å². The van der Waals surface area contributed by atoms with E-state index in [1.807, 2.05) is 13.8 Å². The van der Waals surface area contributed by atoms with E-state index in [9.17, 15) is 9.18 Å². The minimum atomic E-state index is -0.921. The largest absolute Gasteiger partial charge is 0.451 e. The number of nitrogens with one attached hydrogen (secondary N) is 1. The minimum Gasteiger partial charge on any atom is -0.451 e. The summed E-state index contributed by atoms with van der Waals surface area (Å²) in [5.41, 5.74) is 0.185. The number of benzene rings is 1. The summed E-state index contributed by atoms with van der Waals surface area (Å²) in [6.45, 7) is 3.86. The van der Waals surface area contributed by atoms with E-state index >= 15 is 4.39 Å². The van der Waals surface area contributed by atoms with Gasteiger partial charge in [-0.3, -0.25) is 9.36 Å². The molecule has 0 aliphatic carbocycles. The summed E-state index contributed by atoms with van der Waals surface area (Å²) < 4.78 is 37.0. The van der Waals surface area contributed by atoms with Gasteiger partial charge in [-0.05, 0) is 48.0 Å². The molecule has 32 heavy (non-hydrogen) atoms. The van der Waals surface area contributed by atoms with E-state index < -0.39 is 17.4 Å². The third-order valence-corrected chi connectivity index (χ3v) is 5.05. The van der Waals surface area contributed by atoms with Crippen LogP contribution in [0.2, 0.25) is 0 Å². The van der Waals surface area contributed by atoms with Crippen LogP contribution in [-0.4, -0.2) is 25.6 Å². The molecule has 3 heterocycles. The smallest absolute Gasteiger partial charge is 0.264 e. The lowest BCUT2D eigenvalue weighted by molar-refractivity contribution is 0.410. The lowest BCUT2D eigenvalue weighted by atomic mass is 10.1. The fraction of sp³-hybridized carbons (Fsp3) is 0.182. The number of halogens is 3. The predicted octanol–water partition coefficient (Wildman–Crippen LogP) is 5.04. The topological polar surface area (TPSA) is 81.9 Å². The van der Waals surface area contributed by atoms with Crippen molar-refractivity contribution in [2.75, 3.05) is 5.32 Å². The first-order chi connectivity index (χ1) is 15.2. The van der Waals surface area contributed by atoms with Crippen LogP contribution in [0.15, 0.2) is 52.1 Å². The highest BCUT2D eigenvalue weighted by Crippen LogP contribution is 2.33. The van der Waals surface area contributed by atoms with E-state index in [1.165, 1.54) is 41.2 Å². The van der Waals surface area contributed by atoms with Crippen LogP contribution in [0.1, 0.15) is 13.8 Å². The zero-order valence-corrected chi connectivity index (χ0v) is 18.9. The van der Waals surface area contributed by atoms with Crippen molar-refractivity contribution in [3.8, 4) is 22.8 Å². The summed E-state index contributed by atoms with van der Waals surface area (Å²) in [6.07, 6.45) is 2.84. The molecule has 4 rings (SSSR count). The second-order valence-electron chi connectivity index (χ2n) is 7.34. The van der Waals surface area contributed by atoms with Crippen molar-refractivity contribution in [3.63, 3.8) is 0 Å². The molecule has 164 valence electrons. The first kappa shape index (κ1) is 21.8. The van der Waals surface area contributed by atoms with Crippen LogP contribution in [0.5, 0.6) is 11.5 Å². The van der Waals surface area contributed by atoms with Gasteiger partial charge in [0.2, 0.25) is 5.95 Å². The van der Waals surface area contributed by atoms with Crippen LogP contribution in [0, 0.1) is 11.6 Å². The molecule has 1 N–H and O–H groups in total. The SMILES string of the molecule is CC(C)Nc1ncc(-c2ccc3c(F)c(Oc4ccnc(Br)c4)c(F)cc3n2)c(=O)n1C. The maximum Gasteiger partial charge on any atom is 0.264 e. The summed E-state index contributed by atoms with van der Waals surface area (Å²) in [5.74, 6) is -1.73. The van der Waals surface area contributed by atoms with Gasteiger partial charge in [-0.2, -0.15) is 0 Å². The summed E-state index contributed by atoms with van der Waals surface area (Å²) in [6, 6.07) is 7.06. The molecule has 3 aromatic heterocycles. The van der Waals surface area contributed by atoms with Crippen LogP contribution in [0.4, 0.5) is 14.7 Å². The van der Waals surface area contributed by atoms with Crippen LogP contribution in [0.3, 0.4) is 0 Å². The summed E-state index contributed by atoms with van der Waals surface area (Å²) in [7, 11) is 1.59. The van der Waals surface area contributed by atoms with Crippen molar-refractivity contribution in [3.05, 3.63) is 69.3 Å². The second kappa shape index (κ2) is 8.62. The Morgan fingerprint density at radius 3 is 2.66 bits per heavy atom. The lowest BCUT2D eigenvalue weighted by Gasteiger charge is -2.14. The van der Waals surface area contributed by atoms with Crippen LogP contribution < -0.4 is 15.6 Å². The first-order valence-corrected chi connectivity index (χ1v) is 10.4. The molecule has 0 amide bonds. The van der Waals surface area contributed by atoms with Crippen molar-refractivity contribution in [2.45, 2.75) is 19.9 Å². The fourth-order valence-electron chi connectivity index (χ4n) is 3.11. The molecule has 0 saturated heterocycles. The number of rotatable bonds is 5. The van der Waals surface area contributed by atoms with Crippen LogP contribution >= 0.6 is 15.9 Å². The third kappa shape index (κ3) is 4.18. The molecule has 0 aliphatic heterocycles. The molecular formula is C22H18BrF2N5O2. The van der Waals surface area contributed by atoms with E-state index in [0.29, 0.717) is 10.6 Å². The quantitative estimate of drug-likeness (QED) is 0.385. The van der Waals surface area contributed by atoms with E-state index in [0.717, 1.165) is 6.07 Å². The molecule has 0 atom stereocenters. The Morgan fingerprint density at radius 2 is 1.94 bits per heavy atom. The Balaban J connectivity index is 1.76. The van der Waals surface area contributed by atoms with Crippen molar-refractivity contribution >= 4 is 32.8 Å². The molecule has 0 fully saturated rings. The van der Waals surface area contributed by atoms with Crippen molar-refractivity contribution < 1.29 is 13.5 Å². The number of nitrogens with zero attached hydrogens (tertiary/aromatic N) is 4. The van der Waals surface area contributed by atoms with Crippen LogP contribution in [-0.2, 0) is 7.05 Å². The van der Waals surface area contributed by atoms with Crippen molar-refractivity contribution in [2.24, 2.45) is 7.05 Å². The molecule has 0 saturated carbocycles. The molecule has 0 aliphatic rings. The minimum absolute atomic E-state index is 0.0483. The third-order valence-electron chi connectivity index (χ3n) is 4.62. The Hall–Kier alpha value is -3.40. The normalized spacial score (nSPS) is 11.2. The molecule has 1 aromatic carbocycles. The van der Waals surface area contributed by atoms with Gasteiger partial charge in [-0.25, -0.2) is 23.7 Å². The number of anilines is 1. The second-order valence-corrected chi connectivity index (χ2v) is 8.15. The molecule has 10 heteroatoms. The molecule has 0 spiro atoms. The summed E-state index contributed by atoms with van der Waals surface area (Å²) >= 11 is 3.18. The Bertz CT molecular complexity index is 1390. The van der Waals surface area contributed by atoms with Gasteiger partial charge in [0.15, 0.2) is 17.4 Å². The number of hydrogen-bond acceptors (Lipinski definition) is 6. The standard InChI is InChI=1S/C22H18BrF2N5O2/c1-11(2)28-22-27-10-14(21(31)30(22)3)16-5-4-13-17(29-16)9-15(24)20(19(13)25)32-12-6-7-26-18(23)8-12/h4-11H,1-3H3,(H,27,28). The van der Waals surface area contributed by atoms with Gasteiger partial charge in [0.05, 0.1) is 16.8 Å². The number of aromatic nitrogens is 4. The number of pyridine rings is 2. The lowest BCUT2D eigenvalue weighted by Crippen LogP contribution is -2.25. The summed E-state index contributed by atoms with van der Waals surface area (Å²) in [4.78, 5) is 25.3. The molecule has 0 radical (unpaired) electrons. The van der Waals surface area contributed by atoms with Gasteiger partial charge in [-0.1, -0.05) is 0 Å². The number of fused-ring (bicyclic) bond motifs is 1. The number of hydrogen-bond donors (Lipinski definition) is 1. The maximum atomic E-state index is 15.0. The monoisotopic (exact) mass is 501 g/mol. The summed E-state index contributed by atoms with van der Waals surface area (Å²) in [5, 5.41) is 3.13. The van der Waals surface area contributed by atoms with Gasteiger partial charge in [-0.15, -0.1) is 0 Å². The van der Waals surface area contributed by atoms with Crippen molar-refractivity contribution in [1.82, 2.24) is 19.5 Å². The molecular weight excluding hydrogens is 484 g/mol. The Morgan fingerprint density at radius 1 is 1.16 bits per heavy atom.